The van der Waals surface area contributed by atoms with Gasteiger partial charge in [-0.2, -0.15) is 0 Å². The summed E-state index contributed by atoms with van der Waals surface area (Å²) in [7, 11) is 1.93. The van der Waals surface area contributed by atoms with E-state index in [1.807, 2.05) is 65.2 Å². The Morgan fingerprint density at radius 3 is 2.40 bits per heavy atom. The topological polar surface area (TPSA) is 50.1 Å². The summed E-state index contributed by atoms with van der Waals surface area (Å²) in [4.78, 5) is 4.12. The van der Waals surface area contributed by atoms with Crippen LogP contribution in [0.4, 0.5) is 5.69 Å². The van der Waals surface area contributed by atoms with E-state index in [0.717, 1.165) is 30.1 Å². The minimum absolute atomic E-state index is 0.746. The molecule has 4 nitrogen and oxygen atoms in total. The van der Waals surface area contributed by atoms with Crippen molar-refractivity contribution in [2.24, 2.45) is 0 Å². The molecule has 2 heterocycles. The van der Waals surface area contributed by atoms with Crippen molar-refractivity contribution < 1.29 is 4.42 Å². The van der Waals surface area contributed by atoms with Crippen molar-refractivity contribution in [2.45, 2.75) is 47.7 Å². The van der Waals surface area contributed by atoms with Gasteiger partial charge < -0.3 is 15.1 Å². The van der Waals surface area contributed by atoms with Crippen LogP contribution in [-0.4, -0.2) is 12.0 Å². The smallest absolute Gasteiger partial charge is 0.134 e. The first kappa shape index (κ1) is 20.7. The molecule has 3 aromatic rings. The lowest BCUT2D eigenvalue weighted by atomic mass is 10.1. The molecule has 2 aromatic heterocycles. The van der Waals surface area contributed by atoms with Gasteiger partial charge in [0.15, 0.2) is 0 Å². The molecule has 0 spiro atoms. The zero-order valence-electron chi connectivity index (χ0n) is 16.3. The summed E-state index contributed by atoms with van der Waals surface area (Å²) < 4.78 is 5.93. The third kappa shape index (κ3) is 5.33. The standard InChI is InChI=1S/C17H19N3O.2C2H6/c1-12-16(11-18-2)21-15-7-3-5-13(17(12)15)9-20-14-6-4-8-19-10-14;2*1-2/h3-8,10,18,20H,9,11H2,1-2H3;2*1-2H3. The van der Waals surface area contributed by atoms with Crippen LogP contribution >= 0.6 is 0 Å². The summed E-state index contributed by atoms with van der Waals surface area (Å²) in [6.45, 7) is 11.6. The molecule has 0 atom stereocenters. The first-order chi connectivity index (χ1) is 12.3. The molecular formula is C21H31N3O. The number of rotatable bonds is 5. The van der Waals surface area contributed by atoms with Crippen LogP contribution in [0, 0.1) is 6.92 Å². The van der Waals surface area contributed by atoms with Gasteiger partial charge in [0, 0.05) is 29.9 Å². The third-order valence-electron chi connectivity index (χ3n) is 3.62. The second-order valence-corrected chi connectivity index (χ2v) is 5.07. The summed E-state index contributed by atoms with van der Waals surface area (Å²) in [5.41, 5.74) is 4.41. The Bertz CT molecular complexity index is 735. The lowest BCUT2D eigenvalue weighted by molar-refractivity contribution is 0.527. The van der Waals surface area contributed by atoms with Crippen molar-refractivity contribution in [1.29, 1.82) is 0 Å². The van der Waals surface area contributed by atoms with E-state index in [2.05, 4.69) is 28.6 Å². The maximum atomic E-state index is 5.93. The molecule has 0 fully saturated rings. The molecule has 0 bridgehead atoms. The highest BCUT2D eigenvalue weighted by atomic mass is 16.3. The van der Waals surface area contributed by atoms with Crippen molar-refractivity contribution in [3.05, 3.63) is 59.6 Å². The van der Waals surface area contributed by atoms with Crippen LogP contribution < -0.4 is 10.6 Å². The largest absolute Gasteiger partial charge is 0.459 e. The van der Waals surface area contributed by atoms with E-state index in [1.165, 1.54) is 16.5 Å². The summed E-state index contributed by atoms with van der Waals surface area (Å²) in [6, 6.07) is 10.1. The van der Waals surface area contributed by atoms with Crippen LogP contribution in [0.5, 0.6) is 0 Å². The van der Waals surface area contributed by atoms with Crippen LogP contribution in [0.2, 0.25) is 0 Å². The fraction of sp³-hybridized carbons (Fsp3) is 0.381. The number of aromatic nitrogens is 1. The molecule has 136 valence electrons. The number of fused-ring (bicyclic) bond motifs is 1. The van der Waals surface area contributed by atoms with Crippen molar-refractivity contribution in [1.82, 2.24) is 10.3 Å². The second-order valence-electron chi connectivity index (χ2n) is 5.07. The Hall–Kier alpha value is -2.33. The van der Waals surface area contributed by atoms with Crippen molar-refractivity contribution in [3.63, 3.8) is 0 Å². The van der Waals surface area contributed by atoms with Crippen LogP contribution in [0.1, 0.15) is 44.6 Å². The van der Waals surface area contributed by atoms with E-state index in [1.54, 1.807) is 6.20 Å². The van der Waals surface area contributed by atoms with E-state index < -0.39 is 0 Å². The Kier molecular flexibility index (Phi) is 9.33. The SMILES string of the molecule is CC.CC.CNCc1oc2cccc(CNc3cccnc3)c2c1C. The zero-order valence-corrected chi connectivity index (χ0v) is 16.3. The minimum atomic E-state index is 0.746. The van der Waals surface area contributed by atoms with Gasteiger partial charge in [-0.1, -0.05) is 39.8 Å². The minimum Gasteiger partial charge on any atom is -0.459 e. The predicted molar refractivity (Wildman–Crippen MR) is 108 cm³/mol. The molecule has 25 heavy (non-hydrogen) atoms. The molecule has 0 amide bonds. The highest BCUT2D eigenvalue weighted by molar-refractivity contribution is 5.85. The number of nitrogens with one attached hydrogen (secondary N) is 2. The summed E-state index contributed by atoms with van der Waals surface area (Å²) in [5.74, 6) is 1.00. The van der Waals surface area contributed by atoms with Crippen LogP contribution in [0.25, 0.3) is 11.0 Å². The number of aryl methyl sites for hydroxylation is 1. The van der Waals surface area contributed by atoms with Gasteiger partial charge in [0.2, 0.25) is 0 Å². The average Bonchev–Trinajstić information content (AvgIpc) is 3.01. The van der Waals surface area contributed by atoms with E-state index in [4.69, 9.17) is 4.42 Å². The molecule has 3 rings (SSSR count). The summed E-state index contributed by atoms with van der Waals surface area (Å²) in [6.07, 6.45) is 3.60. The highest BCUT2D eigenvalue weighted by Crippen LogP contribution is 2.28. The van der Waals surface area contributed by atoms with Gasteiger partial charge in [-0.15, -0.1) is 0 Å². The monoisotopic (exact) mass is 341 g/mol. The lowest BCUT2D eigenvalue weighted by Gasteiger charge is -2.07. The number of pyridine rings is 1. The molecule has 0 aliphatic carbocycles. The van der Waals surface area contributed by atoms with Gasteiger partial charge in [-0.25, -0.2) is 0 Å². The number of hydrogen-bond donors (Lipinski definition) is 2. The number of nitrogens with zero attached hydrogens (tertiary/aromatic N) is 1. The Labute approximate surface area is 151 Å². The molecule has 0 radical (unpaired) electrons. The summed E-state index contributed by atoms with van der Waals surface area (Å²) >= 11 is 0. The maximum Gasteiger partial charge on any atom is 0.134 e. The average molecular weight is 341 g/mol. The number of anilines is 1. The molecule has 0 saturated carbocycles. The van der Waals surface area contributed by atoms with Gasteiger partial charge in [0.25, 0.3) is 0 Å². The predicted octanol–water partition coefficient (Wildman–Crippen LogP) is 5.52. The second kappa shape index (κ2) is 11.3. The molecular weight excluding hydrogens is 310 g/mol. The van der Waals surface area contributed by atoms with E-state index in [0.29, 0.717) is 0 Å². The van der Waals surface area contributed by atoms with E-state index >= 15 is 0 Å². The van der Waals surface area contributed by atoms with Crippen molar-refractivity contribution in [2.75, 3.05) is 12.4 Å². The third-order valence-corrected chi connectivity index (χ3v) is 3.62. The Balaban J connectivity index is 0.000000730. The summed E-state index contributed by atoms with van der Waals surface area (Å²) in [5, 5.41) is 7.75. The highest BCUT2D eigenvalue weighted by Gasteiger charge is 2.12. The molecule has 0 aliphatic rings. The molecule has 2 N–H and O–H groups in total. The Morgan fingerprint density at radius 1 is 1.00 bits per heavy atom. The van der Waals surface area contributed by atoms with Crippen LogP contribution in [0.15, 0.2) is 47.1 Å². The molecule has 0 aliphatic heterocycles. The molecule has 0 saturated heterocycles. The van der Waals surface area contributed by atoms with Gasteiger partial charge in [0.1, 0.15) is 11.3 Å². The first-order valence-electron chi connectivity index (χ1n) is 9.08. The first-order valence-corrected chi connectivity index (χ1v) is 9.08. The number of benzene rings is 1. The molecule has 4 heteroatoms. The van der Waals surface area contributed by atoms with Gasteiger partial charge in [0.05, 0.1) is 12.2 Å². The van der Waals surface area contributed by atoms with E-state index in [9.17, 15) is 0 Å². The van der Waals surface area contributed by atoms with Gasteiger partial charge in [-0.05, 0) is 37.7 Å². The number of furan rings is 1. The fourth-order valence-corrected chi connectivity index (χ4v) is 2.58. The Morgan fingerprint density at radius 2 is 1.76 bits per heavy atom. The quantitative estimate of drug-likeness (QED) is 0.641. The maximum absolute atomic E-state index is 5.93. The van der Waals surface area contributed by atoms with Gasteiger partial charge in [-0.3, -0.25) is 4.98 Å². The zero-order chi connectivity index (χ0) is 18.7. The molecule has 0 unspecified atom stereocenters. The van der Waals surface area contributed by atoms with Crippen LogP contribution in [-0.2, 0) is 13.1 Å². The normalized spacial score (nSPS) is 9.68. The fourth-order valence-electron chi connectivity index (χ4n) is 2.58. The number of hydrogen-bond acceptors (Lipinski definition) is 4. The van der Waals surface area contributed by atoms with Crippen molar-refractivity contribution in [3.8, 4) is 0 Å². The van der Waals surface area contributed by atoms with Crippen molar-refractivity contribution >= 4 is 16.7 Å². The van der Waals surface area contributed by atoms with E-state index in [-0.39, 0.29) is 0 Å². The van der Waals surface area contributed by atoms with Gasteiger partial charge >= 0.3 is 0 Å². The lowest BCUT2D eigenvalue weighted by Crippen LogP contribution is -2.05. The molecule has 1 aromatic carbocycles. The van der Waals surface area contributed by atoms with Crippen LogP contribution in [0.3, 0.4) is 0 Å².